The summed E-state index contributed by atoms with van der Waals surface area (Å²) in [7, 11) is -1.04. The number of ether oxygens (including phenoxy) is 2. The predicted octanol–water partition coefficient (Wildman–Crippen LogP) is 3.56. The molecule has 0 unspecified atom stereocenters. The van der Waals surface area contributed by atoms with Crippen LogP contribution in [0.15, 0.2) is 71.8 Å². The third-order valence-electron chi connectivity index (χ3n) is 4.80. The molecule has 2 aromatic carbocycles. The number of methoxy groups -OCH3 is 2. The molecule has 0 radical (unpaired) electrons. The van der Waals surface area contributed by atoms with Crippen molar-refractivity contribution in [3.63, 3.8) is 0 Å². The molecule has 0 saturated heterocycles. The Kier molecular flexibility index (Phi) is 7.45. The summed E-state index contributed by atoms with van der Waals surface area (Å²) in [5.74, 6) is 0.111. The maximum Gasteiger partial charge on any atom is 0.255 e. The van der Waals surface area contributed by atoms with Gasteiger partial charge in [-0.2, -0.15) is 4.31 Å². The topological polar surface area (TPSA) is 97.8 Å². The summed E-state index contributed by atoms with van der Waals surface area (Å²) in [5, 5.41) is 2.70. The number of rotatable bonds is 9. The average Bonchev–Trinajstić information content (AvgIpc) is 2.83. The summed E-state index contributed by atoms with van der Waals surface area (Å²) in [5.41, 5.74) is 1.49. The van der Waals surface area contributed by atoms with E-state index in [0.717, 1.165) is 5.56 Å². The maximum atomic E-state index is 13.4. The van der Waals surface area contributed by atoms with Crippen LogP contribution in [-0.4, -0.2) is 44.4 Å². The van der Waals surface area contributed by atoms with Gasteiger partial charge < -0.3 is 14.8 Å². The van der Waals surface area contributed by atoms with Crippen LogP contribution in [0.3, 0.4) is 0 Å². The molecule has 0 aliphatic carbocycles. The van der Waals surface area contributed by atoms with E-state index in [4.69, 9.17) is 9.47 Å². The van der Waals surface area contributed by atoms with Crippen molar-refractivity contribution in [1.29, 1.82) is 0 Å². The highest BCUT2D eigenvalue weighted by atomic mass is 32.2. The van der Waals surface area contributed by atoms with Crippen LogP contribution in [-0.2, 0) is 16.6 Å². The minimum Gasteiger partial charge on any atom is -0.495 e. The molecule has 0 aliphatic rings. The molecule has 0 bridgehead atoms. The number of nitrogens with zero attached hydrogens (tertiary/aromatic N) is 2. The van der Waals surface area contributed by atoms with E-state index < -0.39 is 15.9 Å². The molecule has 3 rings (SSSR count). The van der Waals surface area contributed by atoms with E-state index in [9.17, 15) is 13.2 Å². The summed E-state index contributed by atoms with van der Waals surface area (Å²) in [6.45, 7) is 2.23. The molecule has 0 atom stereocenters. The van der Waals surface area contributed by atoms with Gasteiger partial charge in [0.15, 0.2) is 0 Å². The lowest BCUT2D eigenvalue weighted by atomic mass is 10.2. The van der Waals surface area contributed by atoms with E-state index in [0.29, 0.717) is 11.6 Å². The Morgan fingerprint density at radius 1 is 1.03 bits per heavy atom. The zero-order chi connectivity index (χ0) is 23.1. The minimum absolute atomic E-state index is 0.0710. The van der Waals surface area contributed by atoms with Crippen molar-refractivity contribution < 1.29 is 22.7 Å². The van der Waals surface area contributed by atoms with Gasteiger partial charge in [-0.1, -0.05) is 37.3 Å². The lowest BCUT2D eigenvalue weighted by Gasteiger charge is -2.22. The molecule has 0 aliphatic heterocycles. The second kappa shape index (κ2) is 10.3. The molecule has 3 aromatic rings. The van der Waals surface area contributed by atoms with Crippen LogP contribution in [0.2, 0.25) is 0 Å². The summed E-state index contributed by atoms with van der Waals surface area (Å²) in [4.78, 5) is 16.7. The number of hydrogen-bond donors (Lipinski definition) is 1. The number of sulfonamides is 1. The maximum absolute atomic E-state index is 13.4. The van der Waals surface area contributed by atoms with Crippen LogP contribution in [0.1, 0.15) is 22.8 Å². The summed E-state index contributed by atoms with van der Waals surface area (Å²) in [6, 6.07) is 16.9. The first-order valence-electron chi connectivity index (χ1n) is 9.92. The number of amides is 1. The fourth-order valence-electron chi connectivity index (χ4n) is 3.09. The largest absolute Gasteiger partial charge is 0.495 e. The number of aromatic nitrogens is 1. The van der Waals surface area contributed by atoms with E-state index in [2.05, 4.69) is 10.3 Å². The molecule has 0 saturated carbocycles. The normalized spacial score (nSPS) is 11.2. The summed E-state index contributed by atoms with van der Waals surface area (Å²) >= 11 is 0. The number of carbonyl (C=O) groups excluding carboxylic acids is 1. The van der Waals surface area contributed by atoms with Gasteiger partial charge in [0.1, 0.15) is 10.6 Å². The number of anilines is 1. The summed E-state index contributed by atoms with van der Waals surface area (Å²) in [6.07, 6.45) is 1.45. The van der Waals surface area contributed by atoms with Gasteiger partial charge in [0.25, 0.3) is 5.91 Å². The highest BCUT2D eigenvalue weighted by Gasteiger charge is 2.28. The van der Waals surface area contributed by atoms with Gasteiger partial charge >= 0.3 is 0 Å². The molecule has 0 spiro atoms. The Morgan fingerprint density at radius 3 is 2.38 bits per heavy atom. The van der Waals surface area contributed by atoms with Gasteiger partial charge in [-0.15, -0.1) is 0 Å². The second-order valence-corrected chi connectivity index (χ2v) is 8.73. The quantitative estimate of drug-likeness (QED) is 0.530. The standard InChI is InChI=1S/C23H25N3O5S/c1-4-26(16-17-8-6-5-7-9-17)32(28,29)21-14-18(10-12-20(21)30-2)23(27)25-19-11-13-22(31-3)24-15-19/h5-15H,4,16H2,1-3H3,(H,25,27). The fraction of sp³-hybridized carbons (Fsp3) is 0.217. The first-order chi connectivity index (χ1) is 15.4. The first-order valence-corrected chi connectivity index (χ1v) is 11.4. The summed E-state index contributed by atoms with van der Waals surface area (Å²) < 4.78 is 38.5. The van der Waals surface area contributed by atoms with Crippen LogP contribution >= 0.6 is 0 Å². The van der Waals surface area contributed by atoms with Crippen LogP contribution in [0, 0.1) is 0 Å². The molecule has 0 fully saturated rings. The predicted molar refractivity (Wildman–Crippen MR) is 121 cm³/mol. The van der Waals surface area contributed by atoms with Gasteiger partial charge in [0.2, 0.25) is 15.9 Å². The van der Waals surface area contributed by atoms with Gasteiger partial charge in [-0.25, -0.2) is 13.4 Å². The van der Waals surface area contributed by atoms with Crippen LogP contribution in [0.5, 0.6) is 11.6 Å². The Morgan fingerprint density at radius 2 is 1.78 bits per heavy atom. The molecule has 32 heavy (non-hydrogen) atoms. The lowest BCUT2D eigenvalue weighted by molar-refractivity contribution is 0.102. The smallest absolute Gasteiger partial charge is 0.255 e. The van der Waals surface area contributed by atoms with Gasteiger partial charge in [-0.3, -0.25) is 4.79 Å². The van der Waals surface area contributed by atoms with Crippen LogP contribution < -0.4 is 14.8 Å². The molecule has 168 valence electrons. The number of nitrogens with one attached hydrogen (secondary N) is 1. The number of pyridine rings is 1. The van der Waals surface area contributed by atoms with Crippen molar-refractivity contribution in [2.45, 2.75) is 18.4 Å². The molecule has 1 N–H and O–H groups in total. The molecule has 8 nitrogen and oxygen atoms in total. The van der Waals surface area contributed by atoms with Crippen molar-refractivity contribution in [3.8, 4) is 11.6 Å². The molecule has 9 heteroatoms. The average molecular weight is 456 g/mol. The van der Waals surface area contributed by atoms with Crippen molar-refractivity contribution in [2.24, 2.45) is 0 Å². The zero-order valence-corrected chi connectivity index (χ0v) is 18.9. The Bertz CT molecular complexity index is 1170. The molecular weight excluding hydrogens is 430 g/mol. The second-order valence-electron chi connectivity index (χ2n) is 6.83. The molecule has 1 amide bonds. The Hall–Kier alpha value is -3.43. The number of carbonyl (C=O) groups is 1. The van der Waals surface area contributed by atoms with Crippen LogP contribution in [0.4, 0.5) is 5.69 Å². The minimum atomic E-state index is -3.93. The van der Waals surface area contributed by atoms with E-state index in [1.165, 1.54) is 42.9 Å². The molecule has 1 heterocycles. The number of hydrogen-bond acceptors (Lipinski definition) is 6. The van der Waals surface area contributed by atoms with E-state index in [1.54, 1.807) is 19.1 Å². The van der Waals surface area contributed by atoms with Gasteiger partial charge in [0, 0.05) is 24.7 Å². The van der Waals surface area contributed by atoms with E-state index in [-0.39, 0.29) is 29.3 Å². The van der Waals surface area contributed by atoms with Crippen molar-refractivity contribution in [1.82, 2.24) is 9.29 Å². The third kappa shape index (κ3) is 5.24. The first kappa shape index (κ1) is 23.2. The van der Waals surface area contributed by atoms with Gasteiger partial charge in [0.05, 0.1) is 26.1 Å². The zero-order valence-electron chi connectivity index (χ0n) is 18.1. The van der Waals surface area contributed by atoms with Crippen molar-refractivity contribution in [2.75, 3.05) is 26.1 Å². The highest BCUT2D eigenvalue weighted by molar-refractivity contribution is 7.89. The Balaban J connectivity index is 1.90. The van der Waals surface area contributed by atoms with E-state index >= 15 is 0 Å². The third-order valence-corrected chi connectivity index (χ3v) is 6.74. The van der Waals surface area contributed by atoms with Gasteiger partial charge in [-0.05, 0) is 29.8 Å². The monoisotopic (exact) mass is 455 g/mol. The van der Waals surface area contributed by atoms with Crippen molar-refractivity contribution in [3.05, 3.63) is 78.0 Å². The Labute approximate surface area is 187 Å². The van der Waals surface area contributed by atoms with Crippen molar-refractivity contribution >= 4 is 21.6 Å². The SMILES string of the molecule is CCN(Cc1ccccc1)S(=O)(=O)c1cc(C(=O)Nc2ccc(OC)nc2)ccc1OC. The van der Waals surface area contributed by atoms with Crippen LogP contribution in [0.25, 0.3) is 0 Å². The molecular formula is C23H25N3O5S. The number of benzene rings is 2. The fourth-order valence-corrected chi connectivity index (χ4v) is 4.71. The van der Waals surface area contributed by atoms with E-state index in [1.807, 2.05) is 30.3 Å². The lowest BCUT2D eigenvalue weighted by Crippen LogP contribution is -2.31. The highest BCUT2D eigenvalue weighted by Crippen LogP contribution is 2.29. The molecule has 1 aromatic heterocycles.